The molecule has 134 valence electrons. The number of hydrogen-bond donors (Lipinski definition) is 2. The fourth-order valence-corrected chi connectivity index (χ4v) is 3.71. The number of ether oxygens (including phenoxy) is 1. The van der Waals surface area contributed by atoms with Crippen LogP contribution in [0.15, 0.2) is 42.7 Å². The van der Waals surface area contributed by atoms with Crippen molar-refractivity contribution in [1.29, 1.82) is 0 Å². The Kier molecular flexibility index (Phi) is 4.08. The van der Waals surface area contributed by atoms with Gasteiger partial charge in [0.25, 0.3) is 5.91 Å². The summed E-state index contributed by atoms with van der Waals surface area (Å²) in [5.74, 6) is 0.575. The highest BCUT2D eigenvalue weighted by atomic mass is 16.5. The number of benzene rings is 1. The van der Waals surface area contributed by atoms with Crippen molar-refractivity contribution >= 4 is 11.9 Å². The van der Waals surface area contributed by atoms with E-state index < -0.39 is 11.6 Å². The van der Waals surface area contributed by atoms with E-state index in [1.807, 2.05) is 24.3 Å². The molecule has 4 rings (SSSR count). The summed E-state index contributed by atoms with van der Waals surface area (Å²) in [5, 5.41) is 5.12. The van der Waals surface area contributed by atoms with Gasteiger partial charge < -0.3 is 10.1 Å². The van der Waals surface area contributed by atoms with E-state index in [0.29, 0.717) is 19.5 Å². The van der Waals surface area contributed by atoms with Gasteiger partial charge in [-0.05, 0) is 41.8 Å². The molecule has 0 aliphatic carbocycles. The first-order valence-electron chi connectivity index (χ1n) is 8.53. The summed E-state index contributed by atoms with van der Waals surface area (Å²) in [5.41, 5.74) is 2.42. The van der Waals surface area contributed by atoms with Crippen LogP contribution in [0.1, 0.15) is 12.0 Å². The molecule has 1 aromatic carbocycles. The van der Waals surface area contributed by atoms with Gasteiger partial charge in [0.05, 0.1) is 7.11 Å². The molecular weight excluding hydrogens is 332 g/mol. The molecule has 2 aromatic rings. The first-order chi connectivity index (χ1) is 12.6. The Morgan fingerprint density at radius 3 is 2.69 bits per heavy atom. The van der Waals surface area contributed by atoms with Gasteiger partial charge in [0, 0.05) is 37.6 Å². The van der Waals surface area contributed by atoms with Crippen LogP contribution in [0.5, 0.6) is 5.75 Å². The summed E-state index contributed by atoms with van der Waals surface area (Å²) in [6.07, 6.45) is 4.15. The number of aromatic nitrogens is 1. The van der Waals surface area contributed by atoms with Crippen LogP contribution in [0.2, 0.25) is 0 Å². The molecule has 2 saturated heterocycles. The van der Waals surface area contributed by atoms with E-state index in [4.69, 9.17) is 4.74 Å². The second-order valence-electron chi connectivity index (χ2n) is 6.71. The van der Waals surface area contributed by atoms with Crippen molar-refractivity contribution in [3.8, 4) is 16.9 Å². The lowest BCUT2D eigenvalue weighted by Crippen LogP contribution is -2.48. The molecular formula is C19H20N4O3. The van der Waals surface area contributed by atoms with Crippen LogP contribution in [0.3, 0.4) is 0 Å². The molecule has 7 nitrogen and oxygen atoms in total. The number of nitrogens with one attached hydrogen (secondary N) is 2. The number of imide groups is 1. The standard InChI is InChI=1S/C19H20N4O3/c1-26-16-3-2-14(13-4-7-20-8-5-13)10-15(16)11-23-9-6-19(12-23)17(24)21-18(25)22-19/h2-5,7-8,10H,6,9,11-12H2,1H3,(H2,21,22,24,25). The number of rotatable bonds is 4. The molecule has 2 aliphatic rings. The Morgan fingerprint density at radius 2 is 2.00 bits per heavy atom. The minimum Gasteiger partial charge on any atom is -0.496 e. The van der Waals surface area contributed by atoms with Crippen molar-refractivity contribution in [2.75, 3.05) is 20.2 Å². The van der Waals surface area contributed by atoms with Crippen LogP contribution in [-0.4, -0.2) is 47.6 Å². The summed E-state index contributed by atoms with van der Waals surface area (Å²) in [6.45, 7) is 1.87. The second kappa shape index (κ2) is 6.42. The van der Waals surface area contributed by atoms with Crippen molar-refractivity contribution < 1.29 is 14.3 Å². The Bertz CT molecular complexity index is 855. The van der Waals surface area contributed by atoms with Crippen molar-refractivity contribution in [3.05, 3.63) is 48.3 Å². The summed E-state index contributed by atoms with van der Waals surface area (Å²) < 4.78 is 5.51. The minimum absolute atomic E-state index is 0.234. The molecule has 3 amide bonds. The van der Waals surface area contributed by atoms with Gasteiger partial charge in [-0.3, -0.25) is 20.0 Å². The summed E-state index contributed by atoms with van der Waals surface area (Å²) >= 11 is 0. The topological polar surface area (TPSA) is 83.6 Å². The maximum atomic E-state index is 12.1. The van der Waals surface area contributed by atoms with Gasteiger partial charge in [-0.15, -0.1) is 0 Å². The van der Waals surface area contributed by atoms with Gasteiger partial charge in [-0.2, -0.15) is 0 Å². The molecule has 1 aromatic heterocycles. The highest BCUT2D eigenvalue weighted by molar-refractivity contribution is 6.07. The predicted molar refractivity (Wildman–Crippen MR) is 95.5 cm³/mol. The van der Waals surface area contributed by atoms with Crippen molar-refractivity contribution in [3.63, 3.8) is 0 Å². The van der Waals surface area contributed by atoms with Gasteiger partial charge in [0.15, 0.2) is 0 Å². The zero-order chi connectivity index (χ0) is 18.1. The van der Waals surface area contributed by atoms with Crippen molar-refractivity contribution in [2.45, 2.75) is 18.5 Å². The number of nitrogens with zero attached hydrogens (tertiary/aromatic N) is 2. The molecule has 0 bridgehead atoms. The molecule has 2 aliphatic heterocycles. The van der Waals surface area contributed by atoms with E-state index in [2.05, 4.69) is 26.6 Å². The average Bonchev–Trinajstić information content (AvgIpc) is 3.18. The van der Waals surface area contributed by atoms with Crippen molar-refractivity contribution in [1.82, 2.24) is 20.5 Å². The Morgan fingerprint density at radius 1 is 1.19 bits per heavy atom. The van der Waals surface area contributed by atoms with Crippen LogP contribution in [0, 0.1) is 0 Å². The van der Waals surface area contributed by atoms with Crippen LogP contribution in [0.4, 0.5) is 4.79 Å². The number of pyridine rings is 1. The average molecular weight is 352 g/mol. The number of carbonyl (C=O) groups excluding carboxylic acids is 2. The largest absolute Gasteiger partial charge is 0.496 e. The van der Waals surface area contributed by atoms with Crippen LogP contribution < -0.4 is 15.4 Å². The molecule has 1 atom stereocenters. The normalized spacial score (nSPS) is 22.5. The van der Waals surface area contributed by atoms with Gasteiger partial charge in [0.1, 0.15) is 11.3 Å². The van der Waals surface area contributed by atoms with Gasteiger partial charge in [-0.1, -0.05) is 6.07 Å². The smallest absolute Gasteiger partial charge is 0.322 e. The molecule has 7 heteroatoms. The molecule has 0 saturated carbocycles. The molecule has 26 heavy (non-hydrogen) atoms. The van der Waals surface area contributed by atoms with Gasteiger partial charge >= 0.3 is 6.03 Å². The van der Waals surface area contributed by atoms with E-state index in [1.54, 1.807) is 19.5 Å². The molecule has 1 unspecified atom stereocenters. The minimum atomic E-state index is -0.799. The van der Waals surface area contributed by atoms with E-state index in [9.17, 15) is 9.59 Å². The molecule has 3 heterocycles. The number of hydrogen-bond acceptors (Lipinski definition) is 5. The number of carbonyl (C=O) groups is 2. The number of urea groups is 1. The maximum Gasteiger partial charge on any atom is 0.322 e. The summed E-state index contributed by atoms with van der Waals surface area (Å²) in [7, 11) is 1.65. The lowest BCUT2D eigenvalue weighted by Gasteiger charge is -2.22. The van der Waals surface area contributed by atoms with E-state index >= 15 is 0 Å². The second-order valence-corrected chi connectivity index (χ2v) is 6.71. The monoisotopic (exact) mass is 352 g/mol. The molecule has 2 fully saturated rings. The molecule has 2 N–H and O–H groups in total. The fourth-order valence-electron chi connectivity index (χ4n) is 3.71. The van der Waals surface area contributed by atoms with Gasteiger partial charge in [0.2, 0.25) is 0 Å². The van der Waals surface area contributed by atoms with Crippen molar-refractivity contribution in [2.24, 2.45) is 0 Å². The highest BCUT2D eigenvalue weighted by Crippen LogP contribution is 2.31. The number of methoxy groups -OCH3 is 1. The molecule has 0 radical (unpaired) electrons. The zero-order valence-corrected chi connectivity index (χ0v) is 14.5. The Balaban J connectivity index is 1.56. The predicted octanol–water partition coefficient (Wildman–Crippen LogP) is 1.54. The lowest BCUT2D eigenvalue weighted by molar-refractivity contribution is -0.123. The van der Waals surface area contributed by atoms with Crippen LogP contribution >= 0.6 is 0 Å². The third kappa shape index (κ3) is 2.90. The number of likely N-dealkylation sites (tertiary alicyclic amines) is 1. The quantitative estimate of drug-likeness (QED) is 0.816. The highest BCUT2D eigenvalue weighted by Gasteiger charge is 2.50. The third-order valence-corrected chi connectivity index (χ3v) is 5.05. The first-order valence-corrected chi connectivity index (χ1v) is 8.53. The number of amides is 3. The van der Waals surface area contributed by atoms with E-state index in [1.165, 1.54) is 0 Å². The maximum absolute atomic E-state index is 12.1. The van der Waals surface area contributed by atoms with Gasteiger partial charge in [-0.25, -0.2) is 4.79 Å². The van der Waals surface area contributed by atoms with Crippen LogP contribution in [-0.2, 0) is 11.3 Å². The van der Waals surface area contributed by atoms with E-state index in [-0.39, 0.29) is 5.91 Å². The molecule has 1 spiro atoms. The zero-order valence-electron chi connectivity index (χ0n) is 14.5. The Labute approximate surface area is 151 Å². The van der Waals surface area contributed by atoms with E-state index in [0.717, 1.165) is 29.0 Å². The SMILES string of the molecule is COc1ccc(-c2ccncc2)cc1CN1CCC2(C1)NC(=O)NC2=O. The fraction of sp³-hybridized carbons (Fsp3) is 0.316. The third-order valence-electron chi connectivity index (χ3n) is 5.05. The summed E-state index contributed by atoms with van der Waals surface area (Å²) in [6, 6.07) is 9.61. The first kappa shape index (κ1) is 16.5. The van der Waals surface area contributed by atoms with Crippen LogP contribution in [0.25, 0.3) is 11.1 Å². The lowest BCUT2D eigenvalue weighted by atomic mass is 9.99. The Hall–Kier alpha value is -2.93. The summed E-state index contributed by atoms with van der Waals surface area (Å²) in [4.78, 5) is 29.8.